The number of hydrogen-bond acceptors (Lipinski definition) is 3. The van der Waals surface area contributed by atoms with E-state index in [0.29, 0.717) is 23.6 Å². The van der Waals surface area contributed by atoms with Gasteiger partial charge in [0.05, 0.1) is 12.8 Å². The lowest BCUT2D eigenvalue weighted by atomic mass is 10.1. The minimum atomic E-state index is -0.540. The van der Waals surface area contributed by atoms with Gasteiger partial charge in [-0.1, -0.05) is 30.3 Å². The number of primary amides is 1. The molecular formula is C12H13N3O2. The fourth-order valence-corrected chi connectivity index (χ4v) is 1.68. The minimum Gasteiger partial charge on any atom is -0.481 e. The highest BCUT2D eigenvalue weighted by atomic mass is 16.5. The van der Waals surface area contributed by atoms with Crippen molar-refractivity contribution >= 4 is 5.91 Å². The molecule has 0 aliphatic carbocycles. The molecule has 2 rings (SSSR count). The van der Waals surface area contributed by atoms with E-state index in [4.69, 9.17) is 10.5 Å². The first-order valence-electron chi connectivity index (χ1n) is 5.17. The van der Waals surface area contributed by atoms with E-state index in [1.54, 1.807) is 0 Å². The molecule has 0 aliphatic heterocycles. The molecule has 0 saturated carbocycles. The van der Waals surface area contributed by atoms with Crippen LogP contribution in [0.2, 0.25) is 0 Å². The molecule has 3 N–H and O–H groups in total. The number of carbonyl (C=O) groups is 1. The summed E-state index contributed by atoms with van der Waals surface area (Å²) in [4.78, 5) is 11.3. The van der Waals surface area contributed by atoms with Crippen molar-refractivity contribution in [3.8, 4) is 5.88 Å². The number of nitrogens with two attached hydrogens (primary N) is 1. The molecule has 0 saturated heterocycles. The van der Waals surface area contributed by atoms with Crippen LogP contribution in [-0.2, 0) is 6.42 Å². The van der Waals surface area contributed by atoms with Crippen molar-refractivity contribution in [1.82, 2.24) is 10.2 Å². The summed E-state index contributed by atoms with van der Waals surface area (Å²) < 4.78 is 5.01. The van der Waals surface area contributed by atoms with Crippen LogP contribution in [0.1, 0.15) is 21.6 Å². The standard InChI is InChI=1S/C12H13N3O2/c1-17-12-10(11(13)16)9(14-15-12)7-8-5-3-2-4-6-8/h2-6H,7H2,1H3,(H2,13,16)(H,14,15). The van der Waals surface area contributed by atoms with Gasteiger partial charge < -0.3 is 10.5 Å². The number of aromatic amines is 1. The predicted molar refractivity (Wildman–Crippen MR) is 62.9 cm³/mol. The van der Waals surface area contributed by atoms with E-state index < -0.39 is 5.91 Å². The first-order chi connectivity index (χ1) is 8.22. The fourth-order valence-electron chi connectivity index (χ4n) is 1.68. The van der Waals surface area contributed by atoms with Crippen molar-refractivity contribution < 1.29 is 9.53 Å². The summed E-state index contributed by atoms with van der Waals surface area (Å²) in [7, 11) is 1.46. The summed E-state index contributed by atoms with van der Waals surface area (Å²) in [5.74, 6) is -0.232. The topological polar surface area (TPSA) is 81.0 Å². The highest BCUT2D eigenvalue weighted by Gasteiger charge is 2.18. The Hall–Kier alpha value is -2.30. The van der Waals surface area contributed by atoms with Gasteiger partial charge >= 0.3 is 0 Å². The number of nitrogens with one attached hydrogen (secondary N) is 1. The average molecular weight is 231 g/mol. The Bertz CT molecular complexity index is 520. The molecule has 5 heteroatoms. The average Bonchev–Trinajstić information content (AvgIpc) is 2.73. The van der Waals surface area contributed by atoms with Crippen LogP contribution in [0.15, 0.2) is 30.3 Å². The van der Waals surface area contributed by atoms with Crippen molar-refractivity contribution in [2.24, 2.45) is 5.73 Å². The Morgan fingerprint density at radius 3 is 2.71 bits per heavy atom. The van der Waals surface area contributed by atoms with Gasteiger partial charge in [-0.3, -0.25) is 4.79 Å². The molecule has 0 atom stereocenters. The molecule has 5 nitrogen and oxygen atoms in total. The van der Waals surface area contributed by atoms with Gasteiger partial charge in [0.25, 0.3) is 5.91 Å². The van der Waals surface area contributed by atoms with Crippen LogP contribution in [0.3, 0.4) is 0 Å². The van der Waals surface area contributed by atoms with Gasteiger partial charge in [0.15, 0.2) is 0 Å². The zero-order valence-electron chi connectivity index (χ0n) is 9.43. The lowest BCUT2D eigenvalue weighted by molar-refractivity contribution is 0.0996. The fraction of sp³-hybridized carbons (Fsp3) is 0.167. The van der Waals surface area contributed by atoms with Gasteiger partial charge in [0.1, 0.15) is 5.56 Å². The lowest BCUT2D eigenvalue weighted by Crippen LogP contribution is -2.14. The number of amides is 1. The molecule has 0 aliphatic rings. The van der Waals surface area contributed by atoms with Crippen LogP contribution in [0, 0.1) is 0 Å². The second kappa shape index (κ2) is 4.69. The van der Waals surface area contributed by atoms with Gasteiger partial charge in [0.2, 0.25) is 5.88 Å². The highest BCUT2D eigenvalue weighted by Crippen LogP contribution is 2.20. The highest BCUT2D eigenvalue weighted by molar-refractivity contribution is 5.96. The Morgan fingerprint density at radius 1 is 1.41 bits per heavy atom. The number of methoxy groups -OCH3 is 1. The summed E-state index contributed by atoms with van der Waals surface area (Å²) in [5.41, 5.74) is 7.28. The molecule has 0 radical (unpaired) electrons. The maximum absolute atomic E-state index is 11.3. The molecule has 17 heavy (non-hydrogen) atoms. The van der Waals surface area contributed by atoms with E-state index in [1.165, 1.54) is 7.11 Å². The quantitative estimate of drug-likeness (QED) is 0.827. The lowest BCUT2D eigenvalue weighted by Gasteiger charge is -2.01. The number of hydrogen-bond donors (Lipinski definition) is 2. The SMILES string of the molecule is COc1[nH]nc(Cc2ccccc2)c1C(N)=O. The first-order valence-corrected chi connectivity index (χ1v) is 5.17. The van der Waals surface area contributed by atoms with Crippen LogP contribution in [-0.4, -0.2) is 23.2 Å². The van der Waals surface area contributed by atoms with Gasteiger partial charge in [-0.15, -0.1) is 0 Å². The number of H-pyrrole nitrogens is 1. The summed E-state index contributed by atoms with van der Waals surface area (Å²) in [6, 6.07) is 9.73. The van der Waals surface area contributed by atoms with Crippen molar-refractivity contribution in [2.75, 3.05) is 7.11 Å². The molecule has 0 fully saturated rings. The minimum absolute atomic E-state index is 0.309. The van der Waals surface area contributed by atoms with E-state index in [1.807, 2.05) is 30.3 Å². The third-order valence-electron chi connectivity index (χ3n) is 2.47. The zero-order valence-corrected chi connectivity index (χ0v) is 9.43. The van der Waals surface area contributed by atoms with Crippen LogP contribution in [0.5, 0.6) is 5.88 Å². The van der Waals surface area contributed by atoms with Gasteiger partial charge in [-0.2, -0.15) is 5.10 Å². The number of carbonyl (C=O) groups excluding carboxylic acids is 1. The third kappa shape index (κ3) is 2.28. The Labute approximate surface area is 98.6 Å². The van der Waals surface area contributed by atoms with E-state index in [9.17, 15) is 4.79 Å². The number of aromatic nitrogens is 2. The number of benzene rings is 1. The van der Waals surface area contributed by atoms with Crippen LogP contribution < -0.4 is 10.5 Å². The Balaban J connectivity index is 2.33. The smallest absolute Gasteiger partial charge is 0.256 e. The molecule has 1 aromatic heterocycles. The summed E-state index contributed by atoms with van der Waals surface area (Å²) >= 11 is 0. The Morgan fingerprint density at radius 2 is 2.12 bits per heavy atom. The third-order valence-corrected chi connectivity index (χ3v) is 2.47. The second-order valence-corrected chi connectivity index (χ2v) is 3.61. The molecule has 88 valence electrons. The van der Waals surface area contributed by atoms with Crippen LogP contribution in [0.25, 0.3) is 0 Å². The van der Waals surface area contributed by atoms with Gasteiger partial charge in [-0.25, -0.2) is 5.10 Å². The summed E-state index contributed by atoms with van der Waals surface area (Å²) in [6.07, 6.45) is 0.541. The molecule has 0 bridgehead atoms. The number of ether oxygens (including phenoxy) is 1. The van der Waals surface area contributed by atoms with Crippen molar-refractivity contribution in [3.63, 3.8) is 0 Å². The van der Waals surface area contributed by atoms with Crippen molar-refractivity contribution in [2.45, 2.75) is 6.42 Å². The monoisotopic (exact) mass is 231 g/mol. The molecule has 0 unspecified atom stereocenters. The summed E-state index contributed by atoms with van der Waals surface area (Å²) in [6.45, 7) is 0. The maximum Gasteiger partial charge on any atom is 0.256 e. The normalized spacial score (nSPS) is 10.2. The van der Waals surface area contributed by atoms with Crippen molar-refractivity contribution in [3.05, 3.63) is 47.2 Å². The maximum atomic E-state index is 11.3. The van der Waals surface area contributed by atoms with E-state index >= 15 is 0 Å². The van der Waals surface area contributed by atoms with Crippen LogP contribution >= 0.6 is 0 Å². The number of rotatable bonds is 4. The largest absolute Gasteiger partial charge is 0.481 e. The summed E-state index contributed by atoms with van der Waals surface area (Å²) in [5, 5.41) is 6.71. The molecule has 0 spiro atoms. The van der Waals surface area contributed by atoms with E-state index in [-0.39, 0.29) is 0 Å². The second-order valence-electron chi connectivity index (χ2n) is 3.61. The molecule has 1 amide bonds. The predicted octanol–water partition coefficient (Wildman–Crippen LogP) is 1.11. The molecule has 1 aromatic carbocycles. The molecule has 1 heterocycles. The van der Waals surface area contributed by atoms with E-state index in [2.05, 4.69) is 10.2 Å². The Kier molecular flexibility index (Phi) is 3.09. The zero-order chi connectivity index (χ0) is 12.3. The number of nitrogens with zero attached hydrogens (tertiary/aromatic N) is 1. The first kappa shape index (κ1) is 11.2. The molecular weight excluding hydrogens is 218 g/mol. The van der Waals surface area contributed by atoms with E-state index in [0.717, 1.165) is 5.56 Å². The molecule has 2 aromatic rings. The van der Waals surface area contributed by atoms with Crippen LogP contribution in [0.4, 0.5) is 0 Å². The van der Waals surface area contributed by atoms with Crippen molar-refractivity contribution in [1.29, 1.82) is 0 Å². The van der Waals surface area contributed by atoms with Gasteiger partial charge in [0, 0.05) is 6.42 Å². The van der Waals surface area contributed by atoms with Gasteiger partial charge in [-0.05, 0) is 5.56 Å².